The van der Waals surface area contributed by atoms with Crippen LogP contribution in [0.25, 0.3) is 0 Å². The Bertz CT molecular complexity index is 911. The predicted octanol–water partition coefficient (Wildman–Crippen LogP) is 2.60. The lowest BCUT2D eigenvalue weighted by atomic mass is 10.4. The molecule has 0 saturated carbocycles. The van der Waals surface area contributed by atoms with E-state index in [-0.39, 0.29) is 0 Å². The van der Waals surface area contributed by atoms with E-state index in [9.17, 15) is 4.21 Å². The predicted molar refractivity (Wildman–Crippen MR) is 100 cm³/mol. The molecule has 1 aromatic rings. The molecular formula is C14H21N7OP2S. The van der Waals surface area contributed by atoms with Gasteiger partial charge in [0.05, 0.1) is 4.90 Å². The second-order valence-corrected chi connectivity index (χ2v) is 14.8. The maximum absolute atomic E-state index is 14.1. The number of nitrogens with zero attached hydrogens (tertiary/aromatic N) is 7. The summed E-state index contributed by atoms with van der Waals surface area (Å²) in [5.74, 6) is 0. The Morgan fingerprint density at radius 1 is 0.760 bits per heavy atom. The molecule has 1 atom stereocenters. The average Bonchev–Trinajstić information content (AvgIpc) is 3.53. The fourth-order valence-electron chi connectivity index (χ4n) is 3.24. The summed E-state index contributed by atoms with van der Waals surface area (Å²) < 4.78 is 39.0. The molecule has 8 nitrogen and oxygen atoms in total. The van der Waals surface area contributed by atoms with Gasteiger partial charge in [0.1, 0.15) is 0 Å². The van der Waals surface area contributed by atoms with E-state index in [1.165, 1.54) is 0 Å². The molecule has 0 aliphatic carbocycles. The van der Waals surface area contributed by atoms with Gasteiger partial charge in [-0.15, -0.1) is 8.28 Å². The quantitative estimate of drug-likeness (QED) is 0.565. The highest BCUT2D eigenvalue weighted by Crippen LogP contribution is 2.78. The van der Waals surface area contributed by atoms with Crippen LogP contribution >= 0.6 is 15.0 Å². The van der Waals surface area contributed by atoms with Crippen LogP contribution < -0.4 is 0 Å². The van der Waals surface area contributed by atoms with Gasteiger partial charge in [-0.3, -0.25) is 0 Å². The van der Waals surface area contributed by atoms with E-state index in [1.807, 2.05) is 30.3 Å². The van der Waals surface area contributed by atoms with Crippen molar-refractivity contribution in [3.05, 3.63) is 30.3 Å². The van der Waals surface area contributed by atoms with Crippen molar-refractivity contribution in [3.63, 3.8) is 0 Å². The topological polar surface area (TPSA) is 66.2 Å². The Morgan fingerprint density at radius 2 is 1.24 bits per heavy atom. The molecule has 5 heterocycles. The first-order chi connectivity index (χ1) is 12.1. The van der Waals surface area contributed by atoms with Gasteiger partial charge in [0.15, 0.2) is 9.92 Å². The van der Waals surface area contributed by atoms with Gasteiger partial charge < -0.3 is 0 Å². The van der Waals surface area contributed by atoms with Crippen LogP contribution in [-0.4, -0.2) is 75.2 Å². The van der Waals surface area contributed by atoms with Crippen molar-refractivity contribution in [2.24, 2.45) is 12.8 Å². The van der Waals surface area contributed by atoms with E-state index < -0.39 is 24.9 Å². The van der Waals surface area contributed by atoms with Crippen molar-refractivity contribution in [1.29, 1.82) is 0 Å². The van der Waals surface area contributed by atoms with Crippen LogP contribution in [0.5, 0.6) is 0 Å². The van der Waals surface area contributed by atoms with Crippen molar-refractivity contribution in [1.82, 2.24) is 18.7 Å². The third-order valence-corrected chi connectivity index (χ3v) is 15.9. The van der Waals surface area contributed by atoms with Crippen LogP contribution in [0.2, 0.25) is 0 Å². The average molecular weight is 397 g/mol. The normalized spacial score (nSPS) is 36.0. The highest BCUT2D eigenvalue weighted by Gasteiger charge is 2.56. The Kier molecular flexibility index (Phi) is 3.13. The zero-order chi connectivity index (χ0) is 16.7. The summed E-state index contributed by atoms with van der Waals surface area (Å²) in [6, 6.07) is 9.65. The fourth-order valence-corrected chi connectivity index (χ4v) is 16.1. The van der Waals surface area contributed by atoms with Gasteiger partial charge >= 0.3 is 0 Å². The standard InChI is InChI=1S/C14H21N7OP2S/c22-25(14-4-2-1-3-5-14)16-23(18-6-7-18,19-8-9-19)15-24(17-25,20-10-11-20)21-12-13-21/h1-5H,6-13H2. The van der Waals surface area contributed by atoms with E-state index in [0.29, 0.717) is 0 Å². The van der Waals surface area contributed by atoms with Gasteiger partial charge in [-0.1, -0.05) is 18.2 Å². The molecule has 5 aliphatic rings. The molecule has 4 saturated heterocycles. The number of rotatable bonds is 5. The number of hydrogen-bond donors (Lipinski definition) is 0. The van der Waals surface area contributed by atoms with Gasteiger partial charge in [0.2, 0.25) is 15.0 Å². The smallest absolute Gasteiger partial charge is 0.229 e. The van der Waals surface area contributed by atoms with Gasteiger partial charge in [-0.05, 0) is 12.1 Å². The lowest BCUT2D eigenvalue weighted by Gasteiger charge is -2.33. The fraction of sp³-hybridized carbons (Fsp3) is 0.571. The third kappa shape index (κ3) is 2.38. The summed E-state index contributed by atoms with van der Waals surface area (Å²) >= 11 is 0. The highest BCUT2D eigenvalue weighted by molar-refractivity contribution is 8.00. The van der Waals surface area contributed by atoms with E-state index >= 15 is 0 Å². The summed E-state index contributed by atoms with van der Waals surface area (Å²) in [4.78, 5) is 0.742. The molecule has 1 unspecified atom stereocenters. The lowest BCUT2D eigenvalue weighted by molar-refractivity contribution is 0.675. The van der Waals surface area contributed by atoms with Gasteiger partial charge in [0, 0.05) is 52.4 Å². The Balaban J connectivity index is 1.68. The molecule has 0 radical (unpaired) electrons. The van der Waals surface area contributed by atoms with Crippen LogP contribution in [0.3, 0.4) is 0 Å². The Labute approximate surface area is 148 Å². The van der Waals surface area contributed by atoms with E-state index in [2.05, 4.69) is 18.7 Å². The van der Waals surface area contributed by atoms with Gasteiger partial charge in [-0.25, -0.2) is 22.9 Å². The molecule has 0 bridgehead atoms. The summed E-state index contributed by atoms with van der Waals surface area (Å²) in [5, 5.41) is 0. The van der Waals surface area contributed by atoms with Crippen LogP contribution in [0.1, 0.15) is 0 Å². The lowest BCUT2D eigenvalue weighted by Crippen LogP contribution is -2.14. The summed E-state index contributed by atoms with van der Waals surface area (Å²) in [5.41, 5.74) is 0. The molecule has 1 aromatic carbocycles. The minimum absolute atomic E-state index is 0.742. The first-order valence-corrected chi connectivity index (χ1v) is 13.4. The highest BCUT2D eigenvalue weighted by atomic mass is 32.2. The second-order valence-electron chi connectivity index (χ2n) is 6.95. The largest absolute Gasteiger partial charge is 0.237 e. The molecule has 0 amide bonds. The molecule has 0 aromatic heterocycles. The van der Waals surface area contributed by atoms with Crippen molar-refractivity contribution < 1.29 is 4.21 Å². The van der Waals surface area contributed by atoms with Crippen LogP contribution in [0.4, 0.5) is 0 Å². The first kappa shape index (κ1) is 15.5. The molecule has 25 heavy (non-hydrogen) atoms. The SMILES string of the molecule is O=S1(c2ccccc2)=NP(N2CC2)(N2CC2)=NP(N2CC2)(N2CC2)=N1. The van der Waals surface area contributed by atoms with Crippen molar-refractivity contribution in [3.8, 4) is 0 Å². The van der Waals surface area contributed by atoms with Crippen molar-refractivity contribution in [2.75, 3.05) is 52.4 Å². The maximum atomic E-state index is 14.1. The zero-order valence-corrected chi connectivity index (χ0v) is 16.5. The van der Waals surface area contributed by atoms with Gasteiger partial charge in [0.25, 0.3) is 0 Å². The molecule has 0 N–H and O–H groups in total. The minimum Gasteiger partial charge on any atom is -0.237 e. The first-order valence-electron chi connectivity index (χ1n) is 8.78. The molecule has 11 heteroatoms. The van der Waals surface area contributed by atoms with E-state index in [1.54, 1.807) is 0 Å². The van der Waals surface area contributed by atoms with Crippen LogP contribution in [-0.2, 0) is 9.92 Å². The molecule has 134 valence electrons. The summed E-state index contributed by atoms with van der Waals surface area (Å²) in [7, 11) is -7.29. The molecule has 5 aliphatic heterocycles. The molecular weight excluding hydrogens is 376 g/mol. The number of hydrogen-bond acceptors (Lipinski definition) is 7. The van der Waals surface area contributed by atoms with Gasteiger partial charge in [-0.2, -0.15) is 4.52 Å². The Morgan fingerprint density at radius 3 is 1.72 bits per heavy atom. The van der Waals surface area contributed by atoms with E-state index in [0.717, 1.165) is 57.3 Å². The monoisotopic (exact) mass is 397 g/mol. The van der Waals surface area contributed by atoms with Crippen molar-refractivity contribution in [2.45, 2.75) is 4.90 Å². The second kappa shape index (κ2) is 5.04. The molecule has 6 rings (SSSR count). The maximum Gasteiger partial charge on any atom is 0.229 e. The molecule has 0 spiro atoms. The Hall–Kier alpha value is -0.530. The van der Waals surface area contributed by atoms with E-state index in [4.69, 9.17) is 12.8 Å². The number of benzene rings is 1. The van der Waals surface area contributed by atoms with Crippen molar-refractivity contribution >= 4 is 24.9 Å². The van der Waals surface area contributed by atoms with Crippen LogP contribution in [0.15, 0.2) is 48.0 Å². The minimum atomic E-state index is -2.82. The summed E-state index contributed by atoms with van der Waals surface area (Å²) in [6.45, 7) is 8.12. The molecule has 4 fully saturated rings. The summed E-state index contributed by atoms with van der Waals surface area (Å²) in [6.07, 6.45) is 0. The van der Waals surface area contributed by atoms with Crippen LogP contribution in [0, 0.1) is 0 Å². The third-order valence-electron chi connectivity index (χ3n) is 4.94. The zero-order valence-electron chi connectivity index (χ0n) is 13.9.